The van der Waals surface area contributed by atoms with Crippen LogP contribution >= 0.6 is 0 Å². The Bertz CT molecular complexity index is 1040. The Balaban J connectivity index is 2.13. The van der Waals surface area contributed by atoms with Gasteiger partial charge in [-0.2, -0.15) is 0 Å². The predicted octanol–water partition coefficient (Wildman–Crippen LogP) is 5.19. The number of hydrogen-bond acceptors (Lipinski definition) is 3. The maximum absolute atomic E-state index is 13.3. The van der Waals surface area contributed by atoms with E-state index < -0.39 is 5.41 Å². The van der Waals surface area contributed by atoms with Gasteiger partial charge in [0, 0.05) is 34.2 Å². The molecule has 2 aromatic carbocycles. The minimum Gasteiger partial charge on any atom is -0.497 e. The summed E-state index contributed by atoms with van der Waals surface area (Å²) in [4.78, 5) is 26.1. The summed E-state index contributed by atoms with van der Waals surface area (Å²) in [5, 5.41) is 0.830. The highest BCUT2D eigenvalue weighted by atomic mass is 16.5. The number of benzene rings is 2. The highest BCUT2D eigenvalue weighted by molar-refractivity contribution is 6.17. The lowest BCUT2D eigenvalue weighted by Gasteiger charge is -2.21. The van der Waals surface area contributed by atoms with Crippen LogP contribution in [-0.2, 0) is 11.3 Å². The normalized spacial score (nSPS) is 11.6. The van der Waals surface area contributed by atoms with E-state index in [1.807, 2.05) is 80.9 Å². The molecule has 0 N–H and O–H groups in total. The minimum atomic E-state index is -0.407. The number of nitrogens with zero attached hydrogens (tertiary/aromatic N) is 1. The van der Waals surface area contributed by atoms with Crippen molar-refractivity contribution in [3.8, 4) is 5.75 Å². The van der Waals surface area contributed by atoms with Crippen molar-refractivity contribution in [2.24, 2.45) is 5.41 Å². The van der Waals surface area contributed by atoms with Crippen LogP contribution in [0.2, 0.25) is 0 Å². The lowest BCUT2D eigenvalue weighted by Crippen LogP contribution is -2.27. The summed E-state index contributed by atoms with van der Waals surface area (Å²) in [6.07, 6.45) is 2.58. The Morgan fingerprint density at radius 2 is 1.79 bits per heavy atom. The molecule has 0 aliphatic rings. The fourth-order valence-electron chi connectivity index (χ4n) is 3.25. The van der Waals surface area contributed by atoms with Crippen LogP contribution in [0.1, 0.15) is 48.7 Å². The molecule has 0 unspecified atom stereocenters. The van der Waals surface area contributed by atoms with Crippen LogP contribution in [0.25, 0.3) is 10.9 Å². The summed E-state index contributed by atoms with van der Waals surface area (Å²) in [5.41, 5.74) is 2.64. The summed E-state index contributed by atoms with van der Waals surface area (Å²) in [6, 6.07) is 13.2. The number of carbonyl (C=O) groups is 2. The first kappa shape index (κ1) is 19.9. The number of aromatic nitrogens is 1. The van der Waals surface area contributed by atoms with Gasteiger partial charge in [0.1, 0.15) is 5.75 Å². The molecule has 0 amide bonds. The van der Waals surface area contributed by atoms with Crippen molar-refractivity contribution >= 4 is 22.5 Å². The first-order valence-corrected chi connectivity index (χ1v) is 9.59. The minimum absolute atomic E-state index is 0.0331. The lowest BCUT2D eigenvalue weighted by atomic mass is 9.85. The van der Waals surface area contributed by atoms with Gasteiger partial charge in [0.2, 0.25) is 0 Å². The molecule has 0 spiro atoms. The number of hydrogen-bond donors (Lipinski definition) is 0. The van der Waals surface area contributed by atoms with E-state index in [1.54, 1.807) is 7.11 Å². The second kappa shape index (κ2) is 7.63. The van der Waals surface area contributed by atoms with Gasteiger partial charge in [0.05, 0.1) is 19.2 Å². The van der Waals surface area contributed by atoms with E-state index in [1.165, 1.54) is 0 Å². The van der Waals surface area contributed by atoms with E-state index in [0.29, 0.717) is 16.9 Å². The molecule has 0 bridgehead atoms. The largest absolute Gasteiger partial charge is 0.497 e. The van der Waals surface area contributed by atoms with Gasteiger partial charge in [-0.15, -0.1) is 0 Å². The zero-order valence-electron chi connectivity index (χ0n) is 17.2. The van der Waals surface area contributed by atoms with Crippen LogP contribution in [0.5, 0.6) is 5.75 Å². The third kappa shape index (κ3) is 3.59. The fraction of sp³-hybridized carbons (Fsp3) is 0.333. The lowest BCUT2D eigenvalue weighted by molar-refractivity contribution is -0.127. The van der Waals surface area contributed by atoms with E-state index in [0.717, 1.165) is 22.9 Å². The highest BCUT2D eigenvalue weighted by Gasteiger charge is 2.27. The zero-order valence-corrected chi connectivity index (χ0v) is 17.2. The Hall–Kier alpha value is -2.88. The third-order valence-electron chi connectivity index (χ3n) is 5.68. The van der Waals surface area contributed by atoms with Crippen molar-refractivity contribution in [1.29, 1.82) is 0 Å². The van der Waals surface area contributed by atoms with Crippen LogP contribution in [-0.4, -0.2) is 23.2 Å². The molecule has 0 aliphatic heterocycles. The molecule has 3 rings (SSSR count). The molecule has 1 aromatic heterocycles. The Morgan fingerprint density at radius 3 is 2.43 bits per heavy atom. The number of ether oxygens (including phenoxy) is 1. The van der Waals surface area contributed by atoms with Crippen LogP contribution in [0.15, 0.2) is 48.7 Å². The molecule has 28 heavy (non-hydrogen) atoms. The topological polar surface area (TPSA) is 48.3 Å². The molecule has 0 saturated heterocycles. The maximum Gasteiger partial charge on any atom is 0.195 e. The van der Waals surface area contributed by atoms with E-state index in [9.17, 15) is 9.59 Å². The Labute approximate surface area is 166 Å². The summed E-state index contributed by atoms with van der Waals surface area (Å²) in [6.45, 7) is 8.10. The Kier molecular flexibility index (Phi) is 5.41. The summed E-state index contributed by atoms with van der Waals surface area (Å²) in [7, 11) is 1.61. The van der Waals surface area contributed by atoms with Gasteiger partial charge in [0.15, 0.2) is 11.6 Å². The molecule has 0 aliphatic carbocycles. The smallest absolute Gasteiger partial charge is 0.195 e. The molecule has 4 nitrogen and oxygen atoms in total. The van der Waals surface area contributed by atoms with Crippen LogP contribution in [0.4, 0.5) is 0 Å². The molecular weight excluding hydrogens is 350 g/mol. The molecule has 0 saturated carbocycles. The summed E-state index contributed by atoms with van der Waals surface area (Å²) >= 11 is 0. The molecule has 1 heterocycles. The molecule has 4 heteroatoms. The number of Topliss-reactive ketones (excluding diaryl/α,β-unsaturated/α-hetero) is 1. The molecule has 146 valence electrons. The number of fused-ring (bicyclic) bond motifs is 1. The summed E-state index contributed by atoms with van der Waals surface area (Å²) < 4.78 is 7.24. The summed E-state index contributed by atoms with van der Waals surface area (Å²) in [5.74, 6) is 0.808. The van der Waals surface area contributed by atoms with Crippen molar-refractivity contribution in [2.75, 3.05) is 7.11 Å². The predicted molar refractivity (Wildman–Crippen MR) is 112 cm³/mol. The van der Waals surface area contributed by atoms with Crippen molar-refractivity contribution < 1.29 is 14.3 Å². The van der Waals surface area contributed by atoms with Gasteiger partial charge in [-0.1, -0.05) is 45.0 Å². The number of methoxy groups -OCH3 is 1. The maximum atomic E-state index is 13.3. The molecule has 0 radical (unpaired) electrons. The van der Waals surface area contributed by atoms with E-state index in [4.69, 9.17) is 4.74 Å². The van der Waals surface area contributed by atoms with Gasteiger partial charge in [-0.05, 0) is 31.0 Å². The van der Waals surface area contributed by atoms with Crippen molar-refractivity contribution in [3.05, 3.63) is 65.4 Å². The van der Waals surface area contributed by atoms with E-state index >= 15 is 0 Å². The van der Waals surface area contributed by atoms with E-state index in [-0.39, 0.29) is 18.1 Å². The first-order valence-electron chi connectivity index (χ1n) is 9.59. The second-order valence-corrected chi connectivity index (χ2v) is 7.86. The highest BCUT2D eigenvalue weighted by Crippen LogP contribution is 2.30. The number of ketones is 2. The third-order valence-corrected chi connectivity index (χ3v) is 5.68. The van der Waals surface area contributed by atoms with Gasteiger partial charge >= 0.3 is 0 Å². The average Bonchev–Trinajstić information content (AvgIpc) is 3.05. The second-order valence-electron chi connectivity index (χ2n) is 7.86. The number of rotatable bonds is 7. The molecule has 3 aromatic rings. The van der Waals surface area contributed by atoms with Gasteiger partial charge < -0.3 is 9.30 Å². The van der Waals surface area contributed by atoms with Crippen LogP contribution < -0.4 is 4.74 Å². The van der Waals surface area contributed by atoms with Crippen molar-refractivity contribution in [1.82, 2.24) is 4.57 Å². The standard InChI is InChI=1S/C24H27NO3/c1-6-24(3,4)22(26)15-25-14-20(19-12-11-17(28-5)13-21(19)25)23(27)18-10-8-7-9-16(18)2/h7-14H,6,15H2,1-5H3. The quantitative estimate of drug-likeness (QED) is 0.532. The van der Waals surface area contributed by atoms with Crippen LogP contribution in [0.3, 0.4) is 0 Å². The average molecular weight is 377 g/mol. The van der Waals surface area contributed by atoms with Crippen molar-refractivity contribution in [2.45, 2.75) is 40.7 Å². The zero-order chi connectivity index (χ0) is 20.5. The number of carbonyl (C=O) groups excluding carboxylic acids is 2. The van der Waals surface area contributed by atoms with Gasteiger partial charge in [-0.3, -0.25) is 9.59 Å². The van der Waals surface area contributed by atoms with Gasteiger partial charge in [-0.25, -0.2) is 0 Å². The van der Waals surface area contributed by atoms with E-state index in [2.05, 4.69) is 0 Å². The first-order chi connectivity index (χ1) is 13.3. The fourth-order valence-corrected chi connectivity index (χ4v) is 3.25. The monoisotopic (exact) mass is 377 g/mol. The molecule has 0 fully saturated rings. The Morgan fingerprint density at radius 1 is 1.07 bits per heavy atom. The van der Waals surface area contributed by atoms with Gasteiger partial charge in [0.25, 0.3) is 0 Å². The number of aryl methyl sites for hydroxylation is 1. The van der Waals surface area contributed by atoms with Crippen molar-refractivity contribution in [3.63, 3.8) is 0 Å². The molecule has 0 atom stereocenters. The van der Waals surface area contributed by atoms with Crippen LogP contribution in [0, 0.1) is 12.3 Å². The molecular formula is C24H27NO3. The SMILES string of the molecule is CCC(C)(C)C(=O)Cn1cc(C(=O)c2ccccc2C)c2ccc(OC)cc21.